The maximum Gasteiger partial charge on any atom is 0.414 e. The molecule has 33 heavy (non-hydrogen) atoms. The molecule has 2 aliphatic heterocycles. The summed E-state index contributed by atoms with van der Waals surface area (Å²) in [5, 5.41) is 3.56. The number of nitrogens with zero attached hydrogens (tertiary/aromatic N) is 2. The van der Waals surface area contributed by atoms with Gasteiger partial charge in [0.15, 0.2) is 0 Å². The highest BCUT2D eigenvalue weighted by atomic mass is 16.6. The smallest absolute Gasteiger partial charge is 0.414 e. The quantitative estimate of drug-likeness (QED) is 0.641. The molecule has 1 unspecified atom stereocenters. The summed E-state index contributed by atoms with van der Waals surface area (Å²) in [5.41, 5.74) is 8.39. The Balaban J connectivity index is 1.83. The fourth-order valence-corrected chi connectivity index (χ4v) is 4.46. The lowest BCUT2D eigenvalue weighted by Crippen LogP contribution is -2.52. The van der Waals surface area contributed by atoms with E-state index in [0.717, 1.165) is 44.7 Å². The lowest BCUT2D eigenvalue weighted by molar-refractivity contribution is 0.0662. The second-order valence-corrected chi connectivity index (χ2v) is 9.13. The van der Waals surface area contributed by atoms with E-state index in [-0.39, 0.29) is 18.1 Å². The topological polar surface area (TPSA) is 106 Å². The molecule has 0 bridgehead atoms. The SMILES string of the molecule is COC(=O)N1c2ccc(C(CN)CNCC3CCOCC3)cc2N(C(=O)OC(C)C)C[C@@H]1C. The van der Waals surface area contributed by atoms with E-state index in [0.29, 0.717) is 30.4 Å². The number of carbonyl (C=O) groups is 2. The molecule has 2 atom stereocenters. The van der Waals surface area contributed by atoms with Crippen LogP contribution in [0, 0.1) is 5.92 Å². The highest BCUT2D eigenvalue weighted by Gasteiger charge is 2.37. The van der Waals surface area contributed by atoms with Gasteiger partial charge in [0.05, 0.1) is 37.2 Å². The largest absolute Gasteiger partial charge is 0.452 e. The fourth-order valence-electron chi connectivity index (χ4n) is 4.46. The van der Waals surface area contributed by atoms with Gasteiger partial charge in [-0.15, -0.1) is 0 Å². The molecule has 1 aromatic rings. The lowest BCUT2D eigenvalue weighted by Gasteiger charge is -2.40. The van der Waals surface area contributed by atoms with E-state index in [1.807, 2.05) is 39.0 Å². The van der Waals surface area contributed by atoms with Gasteiger partial charge in [0.25, 0.3) is 0 Å². The highest BCUT2D eigenvalue weighted by Crippen LogP contribution is 2.38. The van der Waals surface area contributed by atoms with Gasteiger partial charge in [-0.25, -0.2) is 9.59 Å². The Morgan fingerprint density at radius 1 is 1.21 bits per heavy atom. The van der Waals surface area contributed by atoms with Crippen molar-refractivity contribution in [1.29, 1.82) is 0 Å². The molecule has 0 radical (unpaired) electrons. The van der Waals surface area contributed by atoms with Gasteiger partial charge in [0.1, 0.15) is 0 Å². The molecule has 2 aliphatic rings. The van der Waals surface area contributed by atoms with Crippen LogP contribution in [0.3, 0.4) is 0 Å². The van der Waals surface area contributed by atoms with Crippen molar-refractivity contribution >= 4 is 23.6 Å². The van der Waals surface area contributed by atoms with Gasteiger partial charge >= 0.3 is 12.2 Å². The highest BCUT2D eigenvalue weighted by molar-refractivity contribution is 6.00. The predicted molar refractivity (Wildman–Crippen MR) is 128 cm³/mol. The molecular formula is C24H38N4O5. The van der Waals surface area contributed by atoms with Crippen LogP contribution in [0.1, 0.15) is 45.1 Å². The Labute approximate surface area is 196 Å². The molecule has 2 amide bonds. The zero-order valence-corrected chi connectivity index (χ0v) is 20.2. The Morgan fingerprint density at radius 3 is 2.58 bits per heavy atom. The first kappa shape index (κ1) is 25.3. The molecule has 1 fully saturated rings. The molecule has 9 heteroatoms. The third-order valence-corrected chi connectivity index (χ3v) is 6.29. The van der Waals surface area contributed by atoms with Crippen molar-refractivity contribution < 1.29 is 23.8 Å². The molecule has 1 aromatic carbocycles. The Bertz CT molecular complexity index is 812. The van der Waals surface area contributed by atoms with Gasteiger partial charge in [-0.2, -0.15) is 0 Å². The van der Waals surface area contributed by atoms with Crippen molar-refractivity contribution in [1.82, 2.24) is 5.32 Å². The second-order valence-electron chi connectivity index (χ2n) is 9.13. The second kappa shape index (κ2) is 11.7. The Hall–Kier alpha value is -2.36. The molecule has 2 heterocycles. The van der Waals surface area contributed by atoms with Crippen molar-refractivity contribution in [2.24, 2.45) is 11.7 Å². The zero-order valence-electron chi connectivity index (χ0n) is 20.2. The average molecular weight is 463 g/mol. The van der Waals surface area contributed by atoms with Crippen molar-refractivity contribution in [2.75, 3.05) is 56.3 Å². The number of methoxy groups -OCH3 is 1. The van der Waals surface area contributed by atoms with E-state index in [4.69, 9.17) is 19.9 Å². The number of nitrogens with two attached hydrogens (primary N) is 1. The molecule has 9 nitrogen and oxygen atoms in total. The first-order valence-electron chi connectivity index (χ1n) is 11.8. The first-order valence-corrected chi connectivity index (χ1v) is 11.8. The summed E-state index contributed by atoms with van der Waals surface area (Å²) < 4.78 is 15.9. The van der Waals surface area contributed by atoms with E-state index < -0.39 is 12.2 Å². The number of benzene rings is 1. The summed E-state index contributed by atoms with van der Waals surface area (Å²) >= 11 is 0. The van der Waals surface area contributed by atoms with Crippen LogP contribution in [0.5, 0.6) is 0 Å². The van der Waals surface area contributed by atoms with Crippen LogP contribution in [0.25, 0.3) is 0 Å². The van der Waals surface area contributed by atoms with Crippen LogP contribution in [0.4, 0.5) is 21.0 Å². The average Bonchev–Trinajstić information content (AvgIpc) is 2.81. The van der Waals surface area contributed by atoms with Crippen molar-refractivity contribution in [3.63, 3.8) is 0 Å². The standard InChI is InChI=1S/C24H38N4O5/c1-16(2)33-23(29)27-15-17(3)28(24(30)31-4)21-6-5-19(11-22(21)27)20(12-25)14-26-13-18-7-9-32-10-8-18/h5-6,11,16-18,20,26H,7-10,12-15,25H2,1-4H3/t17-,20?/m0/s1. The van der Waals surface area contributed by atoms with Gasteiger partial charge in [0.2, 0.25) is 0 Å². The molecule has 1 saturated heterocycles. The van der Waals surface area contributed by atoms with Gasteiger partial charge in [-0.3, -0.25) is 9.80 Å². The van der Waals surface area contributed by atoms with Crippen LogP contribution in [0.2, 0.25) is 0 Å². The number of fused-ring (bicyclic) bond motifs is 1. The molecule has 0 aliphatic carbocycles. The van der Waals surface area contributed by atoms with Crippen LogP contribution >= 0.6 is 0 Å². The third kappa shape index (κ3) is 6.16. The number of anilines is 2. The summed E-state index contributed by atoms with van der Waals surface area (Å²) in [6.07, 6.45) is 1.02. The number of rotatable bonds is 7. The minimum absolute atomic E-state index is 0.0732. The number of nitrogens with one attached hydrogen (secondary N) is 1. The van der Waals surface area contributed by atoms with Crippen LogP contribution < -0.4 is 20.9 Å². The lowest BCUT2D eigenvalue weighted by atomic mass is 9.95. The predicted octanol–water partition coefficient (Wildman–Crippen LogP) is 3.07. The fraction of sp³-hybridized carbons (Fsp3) is 0.667. The van der Waals surface area contributed by atoms with Gasteiger partial charge in [-0.1, -0.05) is 6.07 Å². The minimum Gasteiger partial charge on any atom is -0.452 e. The number of carbonyl (C=O) groups excluding carboxylic acids is 2. The van der Waals surface area contributed by atoms with Crippen LogP contribution in [-0.2, 0) is 14.2 Å². The number of amides is 2. The Morgan fingerprint density at radius 2 is 1.94 bits per heavy atom. The first-order chi connectivity index (χ1) is 15.8. The molecule has 0 aromatic heterocycles. The summed E-state index contributed by atoms with van der Waals surface area (Å²) in [6, 6.07) is 5.54. The van der Waals surface area contributed by atoms with Crippen molar-refractivity contribution in [3.05, 3.63) is 23.8 Å². The summed E-state index contributed by atoms with van der Waals surface area (Å²) in [7, 11) is 1.36. The van der Waals surface area contributed by atoms with E-state index in [9.17, 15) is 9.59 Å². The maximum atomic E-state index is 12.9. The Kier molecular flexibility index (Phi) is 8.94. The number of hydrogen-bond acceptors (Lipinski definition) is 7. The minimum atomic E-state index is -0.457. The molecule has 0 saturated carbocycles. The monoisotopic (exact) mass is 462 g/mol. The third-order valence-electron chi connectivity index (χ3n) is 6.29. The van der Waals surface area contributed by atoms with E-state index >= 15 is 0 Å². The van der Waals surface area contributed by atoms with Gasteiger partial charge in [0, 0.05) is 32.2 Å². The normalized spacial score (nSPS) is 19.9. The molecule has 3 rings (SSSR count). The molecular weight excluding hydrogens is 424 g/mol. The number of ether oxygens (including phenoxy) is 3. The summed E-state index contributed by atoms with van der Waals surface area (Å²) in [6.45, 7) is 9.62. The van der Waals surface area contributed by atoms with Crippen molar-refractivity contribution in [3.8, 4) is 0 Å². The molecule has 3 N–H and O–H groups in total. The van der Waals surface area contributed by atoms with Gasteiger partial charge in [-0.05, 0) is 63.8 Å². The van der Waals surface area contributed by atoms with E-state index in [1.54, 1.807) is 9.80 Å². The molecule has 184 valence electrons. The van der Waals surface area contributed by atoms with Crippen molar-refractivity contribution in [2.45, 2.75) is 51.7 Å². The zero-order chi connectivity index (χ0) is 24.0. The molecule has 0 spiro atoms. The van der Waals surface area contributed by atoms with Gasteiger partial charge < -0.3 is 25.3 Å². The van der Waals surface area contributed by atoms with E-state index in [2.05, 4.69) is 5.32 Å². The van der Waals surface area contributed by atoms with Crippen LogP contribution in [0.15, 0.2) is 18.2 Å². The maximum absolute atomic E-state index is 12.9. The van der Waals surface area contributed by atoms with Crippen LogP contribution in [-0.4, -0.2) is 70.8 Å². The summed E-state index contributed by atoms with van der Waals surface area (Å²) in [4.78, 5) is 28.6. The van der Waals surface area contributed by atoms with E-state index in [1.165, 1.54) is 7.11 Å². The number of hydrogen-bond donors (Lipinski definition) is 2. The summed E-state index contributed by atoms with van der Waals surface area (Å²) in [5.74, 6) is 0.696.